The van der Waals surface area contributed by atoms with Crippen molar-refractivity contribution in [3.63, 3.8) is 0 Å². The van der Waals surface area contributed by atoms with E-state index in [9.17, 15) is 14.9 Å². The SMILES string of the molecule is CCC(C)C(NCc1cccc([N+](=O)[O-])c1)C(=O)O. The van der Waals surface area contributed by atoms with Crippen molar-refractivity contribution in [1.82, 2.24) is 5.32 Å². The molecular formula is C13H18N2O4. The molecule has 2 N–H and O–H groups in total. The first-order chi connectivity index (χ1) is 8.95. The normalized spacial score (nSPS) is 13.8. The van der Waals surface area contributed by atoms with Crippen molar-refractivity contribution in [3.8, 4) is 0 Å². The summed E-state index contributed by atoms with van der Waals surface area (Å²) in [5.41, 5.74) is 0.707. The third kappa shape index (κ3) is 4.33. The molecule has 0 radical (unpaired) electrons. The van der Waals surface area contributed by atoms with E-state index < -0.39 is 16.9 Å². The fraction of sp³-hybridized carbons (Fsp3) is 0.462. The summed E-state index contributed by atoms with van der Waals surface area (Å²) in [7, 11) is 0. The van der Waals surface area contributed by atoms with Crippen LogP contribution in [0.1, 0.15) is 25.8 Å². The highest BCUT2D eigenvalue weighted by molar-refractivity contribution is 5.73. The highest BCUT2D eigenvalue weighted by Gasteiger charge is 2.22. The number of non-ortho nitro benzene ring substituents is 1. The molecule has 0 saturated carbocycles. The maximum atomic E-state index is 11.1. The summed E-state index contributed by atoms with van der Waals surface area (Å²) in [6.07, 6.45) is 0.749. The summed E-state index contributed by atoms with van der Waals surface area (Å²) in [5.74, 6) is -0.907. The van der Waals surface area contributed by atoms with Crippen LogP contribution in [-0.4, -0.2) is 22.0 Å². The third-order valence-electron chi connectivity index (χ3n) is 3.13. The molecule has 2 unspecified atom stereocenters. The van der Waals surface area contributed by atoms with Gasteiger partial charge in [-0.15, -0.1) is 0 Å². The minimum absolute atomic E-state index is 0.00352. The Balaban J connectivity index is 2.71. The van der Waals surface area contributed by atoms with Gasteiger partial charge in [0.1, 0.15) is 6.04 Å². The number of hydrogen-bond donors (Lipinski definition) is 2. The van der Waals surface area contributed by atoms with Gasteiger partial charge in [0, 0.05) is 18.7 Å². The Hall–Kier alpha value is -1.95. The second-order valence-electron chi connectivity index (χ2n) is 4.51. The van der Waals surface area contributed by atoms with Crippen molar-refractivity contribution in [2.24, 2.45) is 5.92 Å². The lowest BCUT2D eigenvalue weighted by atomic mass is 9.99. The molecule has 0 aliphatic rings. The van der Waals surface area contributed by atoms with E-state index in [-0.39, 0.29) is 11.6 Å². The number of rotatable bonds is 7. The number of nitrogens with zero attached hydrogens (tertiary/aromatic N) is 1. The van der Waals surface area contributed by atoms with E-state index >= 15 is 0 Å². The highest BCUT2D eigenvalue weighted by atomic mass is 16.6. The van der Waals surface area contributed by atoms with Crippen LogP contribution in [0.5, 0.6) is 0 Å². The van der Waals surface area contributed by atoms with Crippen LogP contribution in [0.4, 0.5) is 5.69 Å². The fourth-order valence-electron chi connectivity index (χ4n) is 1.78. The van der Waals surface area contributed by atoms with Gasteiger partial charge in [-0.2, -0.15) is 0 Å². The van der Waals surface area contributed by atoms with E-state index in [1.165, 1.54) is 12.1 Å². The Bertz CT molecular complexity index is 462. The molecule has 1 aromatic carbocycles. The van der Waals surface area contributed by atoms with Gasteiger partial charge >= 0.3 is 5.97 Å². The number of carbonyl (C=O) groups is 1. The monoisotopic (exact) mass is 266 g/mol. The first kappa shape index (κ1) is 15.1. The molecule has 0 aliphatic heterocycles. The summed E-state index contributed by atoms with van der Waals surface area (Å²) in [6.45, 7) is 4.08. The molecule has 0 heterocycles. The molecule has 6 nitrogen and oxygen atoms in total. The van der Waals surface area contributed by atoms with E-state index in [4.69, 9.17) is 5.11 Å². The number of benzene rings is 1. The van der Waals surface area contributed by atoms with E-state index in [1.807, 2.05) is 13.8 Å². The molecular weight excluding hydrogens is 248 g/mol. The molecule has 0 bridgehead atoms. The lowest BCUT2D eigenvalue weighted by molar-refractivity contribution is -0.384. The van der Waals surface area contributed by atoms with E-state index in [0.717, 1.165) is 6.42 Å². The Morgan fingerprint density at radius 3 is 2.74 bits per heavy atom. The Kier molecular flexibility index (Phi) is 5.44. The van der Waals surface area contributed by atoms with Gasteiger partial charge in [0.25, 0.3) is 5.69 Å². The van der Waals surface area contributed by atoms with Crippen molar-refractivity contribution < 1.29 is 14.8 Å². The Morgan fingerprint density at radius 1 is 1.53 bits per heavy atom. The summed E-state index contributed by atoms with van der Waals surface area (Å²) in [5, 5.41) is 22.7. The summed E-state index contributed by atoms with van der Waals surface area (Å²) < 4.78 is 0. The Morgan fingerprint density at radius 2 is 2.21 bits per heavy atom. The molecule has 0 aliphatic carbocycles. The van der Waals surface area contributed by atoms with Gasteiger partial charge in [-0.1, -0.05) is 32.4 Å². The van der Waals surface area contributed by atoms with E-state index in [1.54, 1.807) is 12.1 Å². The number of carboxylic acids is 1. The zero-order valence-corrected chi connectivity index (χ0v) is 11.0. The van der Waals surface area contributed by atoms with Crippen molar-refractivity contribution in [1.29, 1.82) is 0 Å². The topological polar surface area (TPSA) is 92.5 Å². The molecule has 6 heteroatoms. The summed E-state index contributed by atoms with van der Waals surface area (Å²) in [4.78, 5) is 21.3. The van der Waals surface area contributed by atoms with Gasteiger partial charge in [-0.05, 0) is 11.5 Å². The first-order valence-electron chi connectivity index (χ1n) is 6.15. The molecule has 0 saturated heterocycles. The molecule has 0 amide bonds. The van der Waals surface area contributed by atoms with E-state index in [2.05, 4.69) is 5.32 Å². The second kappa shape index (κ2) is 6.84. The average Bonchev–Trinajstić information content (AvgIpc) is 2.38. The number of hydrogen-bond acceptors (Lipinski definition) is 4. The quantitative estimate of drug-likeness (QED) is 0.583. The molecule has 104 valence electrons. The van der Waals surface area contributed by atoms with Crippen LogP contribution in [0.3, 0.4) is 0 Å². The van der Waals surface area contributed by atoms with Gasteiger partial charge in [-0.25, -0.2) is 0 Å². The van der Waals surface area contributed by atoms with Crippen LogP contribution in [0, 0.1) is 16.0 Å². The summed E-state index contributed by atoms with van der Waals surface area (Å²) in [6, 6.07) is 5.53. The van der Waals surface area contributed by atoms with Gasteiger partial charge in [0.15, 0.2) is 0 Å². The standard InChI is InChI=1S/C13H18N2O4/c1-3-9(2)12(13(16)17)14-8-10-5-4-6-11(7-10)15(18)19/h4-7,9,12,14H,3,8H2,1-2H3,(H,16,17). The molecule has 0 fully saturated rings. The van der Waals surface area contributed by atoms with E-state index in [0.29, 0.717) is 12.1 Å². The first-order valence-corrected chi connectivity index (χ1v) is 6.15. The van der Waals surface area contributed by atoms with Crippen molar-refractivity contribution in [2.45, 2.75) is 32.9 Å². The predicted octanol–water partition coefficient (Wildman–Crippen LogP) is 2.18. The van der Waals surface area contributed by atoms with Crippen molar-refractivity contribution >= 4 is 11.7 Å². The zero-order chi connectivity index (χ0) is 14.4. The summed E-state index contributed by atoms with van der Waals surface area (Å²) >= 11 is 0. The van der Waals surface area contributed by atoms with Gasteiger partial charge in [-0.3, -0.25) is 14.9 Å². The molecule has 2 atom stereocenters. The number of carboxylic acid groups (broad SMARTS) is 1. The number of nitro groups is 1. The van der Waals surface area contributed by atoms with Gasteiger partial charge in [0.05, 0.1) is 4.92 Å². The third-order valence-corrected chi connectivity index (χ3v) is 3.13. The van der Waals surface area contributed by atoms with Gasteiger partial charge < -0.3 is 10.4 Å². The van der Waals surface area contributed by atoms with Crippen LogP contribution < -0.4 is 5.32 Å². The highest BCUT2D eigenvalue weighted by Crippen LogP contribution is 2.14. The number of aliphatic carboxylic acids is 1. The predicted molar refractivity (Wildman–Crippen MR) is 70.8 cm³/mol. The average molecular weight is 266 g/mol. The molecule has 1 rings (SSSR count). The smallest absolute Gasteiger partial charge is 0.320 e. The van der Waals surface area contributed by atoms with Crippen molar-refractivity contribution in [2.75, 3.05) is 0 Å². The zero-order valence-electron chi connectivity index (χ0n) is 11.0. The molecule has 1 aromatic rings. The maximum Gasteiger partial charge on any atom is 0.320 e. The molecule has 0 spiro atoms. The number of nitro benzene ring substituents is 1. The lowest BCUT2D eigenvalue weighted by Gasteiger charge is -2.20. The van der Waals surface area contributed by atoms with Gasteiger partial charge in [0.2, 0.25) is 0 Å². The van der Waals surface area contributed by atoms with Crippen LogP contribution in [0.2, 0.25) is 0 Å². The lowest BCUT2D eigenvalue weighted by Crippen LogP contribution is -2.41. The minimum Gasteiger partial charge on any atom is -0.480 e. The Labute approximate surface area is 111 Å². The van der Waals surface area contributed by atoms with Crippen LogP contribution in [-0.2, 0) is 11.3 Å². The molecule has 19 heavy (non-hydrogen) atoms. The van der Waals surface area contributed by atoms with Crippen LogP contribution >= 0.6 is 0 Å². The maximum absolute atomic E-state index is 11.1. The fourth-order valence-corrected chi connectivity index (χ4v) is 1.78. The number of nitrogens with one attached hydrogen (secondary N) is 1. The molecule has 0 aromatic heterocycles. The largest absolute Gasteiger partial charge is 0.480 e. The van der Waals surface area contributed by atoms with Crippen LogP contribution in [0.15, 0.2) is 24.3 Å². The minimum atomic E-state index is -0.903. The second-order valence-corrected chi connectivity index (χ2v) is 4.51. The van der Waals surface area contributed by atoms with Crippen molar-refractivity contribution in [3.05, 3.63) is 39.9 Å². The van der Waals surface area contributed by atoms with Crippen LogP contribution in [0.25, 0.3) is 0 Å².